The van der Waals surface area contributed by atoms with Crippen LogP contribution in [0.1, 0.15) is 40.6 Å². The summed E-state index contributed by atoms with van der Waals surface area (Å²) >= 11 is 6.32. The molecule has 0 spiro atoms. The number of nitrogens with zero attached hydrogens (tertiary/aromatic N) is 7. The van der Waals surface area contributed by atoms with Crippen molar-refractivity contribution in [2.75, 3.05) is 11.4 Å². The number of benzene rings is 2. The van der Waals surface area contributed by atoms with Gasteiger partial charge < -0.3 is 9.47 Å². The molecule has 2 aliphatic rings. The van der Waals surface area contributed by atoms with Crippen LogP contribution < -0.4 is 4.90 Å². The molecule has 8 heteroatoms. The van der Waals surface area contributed by atoms with E-state index in [2.05, 4.69) is 80.4 Å². The molecule has 0 unspecified atom stereocenters. The lowest BCUT2D eigenvalue weighted by Crippen LogP contribution is -2.32. The highest BCUT2D eigenvalue weighted by atomic mass is 35.5. The maximum absolute atomic E-state index is 6.32. The Labute approximate surface area is 209 Å². The number of halogens is 1. The lowest BCUT2D eigenvalue weighted by atomic mass is 9.99. The summed E-state index contributed by atoms with van der Waals surface area (Å²) in [6, 6.07) is 18.8. The van der Waals surface area contributed by atoms with Crippen molar-refractivity contribution in [2.45, 2.75) is 45.9 Å². The van der Waals surface area contributed by atoms with Crippen LogP contribution in [0.4, 0.5) is 5.82 Å². The summed E-state index contributed by atoms with van der Waals surface area (Å²) in [6.07, 6.45) is 0.979. The van der Waals surface area contributed by atoms with Gasteiger partial charge in [-0.1, -0.05) is 48.0 Å². The number of hydrogen-bond acceptors (Lipinski definition) is 6. The first kappa shape index (κ1) is 21.9. The summed E-state index contributed by atoms with van der Waals surface area (Å²) in [4.78, 5) is 7.58. The van der Waals surface area contributed by atoms with E-state index in [1.807, 2.05) is 25.1 Å². The second-order valence-corrected chi connectivity index (χ2v) is 9.93. The van der Waals surface area contributed by atoms with Crippen molar-refractivity contribution in [1.82, 2.24) is 9.55 Å². The molecule has 7 nitrogen and oxygen atoms in total. The maximum atomic E-state index is 6.32. The predicted molar refractivity (Wildman–Crippen MR) is 138 cm³/mol. The number of rotatable bonds is 4. The molecule has 0 fully saturated rings. The van der Waals surface area contributed by atoms with Crippen molar-refractivity contribution in [3.05, 3.63) is 93.3 Å². The van der Waals surface area contributed by atoms with E-state index in [1.54, 1.807) is 0 Å². The van der Waals surface area contributed by atoms with Gasteiger partial charge in [0.15, 0.2) is 5.82 Å². The standard InChI is InChI=1S/C27H26ClN7/c1-17-18(2)35(15-19-7-6-10-22(28)13-19)25-23(17)14-24(27(3)30-32-33-31-27)29-26(25)34-12-11-20-8-4-5-9-21(20)16-34/h4-10,13-14H,11-12,15-16H2,1-3H3. The number of aryl methyl sites for hydroxylation is 1. The number of pyridine rings is 1. The van der Waals surface area contributed by atoms with E-state index >= 15 is 0 Å². The summed E-state index contributed by atoms with van der Waals surface area (Å²) in [7, 11) is 0. The number of aromatic nitrogens is 2. The summed E-state index contributed by atoms with van der Waals surface area (Å²) in [5, 5.41) is 18.1. The lowest BCUT2D eigenvalue weighted by Gasteiger charge is -2.31. The highest BCUT2D eigenvalue weighted by Gasteiger charge is 2.34. The second kappa shape index (κ2) is 8.27. The third kappa shape index (κ3) is 3.71. The van der Waals surface area contributed by atoms with Crippen LogP contribution in [0.3, 0.4) is 0 Å². The molecule has 6 rings (SSSR count). The van der Waals surface area contributed by atoms with E-state index in [9.17, 15) is 0 Å². The summed E-state index contributed by atoms with van der Waals surface area (Å²) in [5.74, 6) is 0.948. The molecule has 0 saturated carbocycles. The molecule has 2 aliphatic heterocycles. The Morgan fingerprint density at radius 3 is 2.51 bits per heavy atom. The van der Waals surface area contributed by atoms with Crippen LogP contribution in [-0.2, 0) is 25.2 Å². The fourth-order valence-corrected chi connectivity index (χ4v) is 5.35. The van der Waals surface area contributed by atoms with E-state index in [-0.39, 0.29) is 0 Å². The molecule has 0 bridgehead atoms. The van der Waals surface area contributed by atoms with Crippen LogP contribution in [0.25, 0.3) is 10.9 Å². The van der Waals surface area contributed by atoms with E-state index in [0.29, 0.717) is 6.54 Å². The van der Waals surface area contributed by atoms with Crippen molar-refractivity contribution in [1.29, 1.82) is 0 Å². The number of hydrogen-bond donors (Lipinski definition) is 0. The Balaban J connectivity index is 1.56. The predicted octanol–water partition coefficient (Wildman–Crippen LogP) is 6.92. The van der Waals surface area contributed by atoms with Gasteiger partial charge in [-0.3, -0.25) is 0 Å². The van der Waals surface area contributed by atoms with Gasteiger partial charge in [-0.2, -0.15) is 0 Å². The Morgan fingerprint density at radius 1 is 0.971 bits per heavy atom. The lowest BCUT2D eigenvalue weighted by molar-refractivity contribution is 0.501. The van der Waals surface area contributed by atoms with Crippen molar-refractivity contribution < 1.29 is 0 Å². The zero-order valence-corrected chi connectivity index (χ0v) is 20.8. The Morgan fingerprint density at radius 2 is 1.74 bits per heavy atom. The Bertz CT molecular complexity index is 1510. The van der Waals surface area contributed by atoms with Gasteiger partial charge in [0.2, 0.25) is 5.66 Å². The summed E-state index contributed by atoms with van der Waals surface area (Å²) in [6.45, 7) is 8.66. The first-order valence-electron chi connectivity index (χ1n) is 11.8. The van der Waals surface area contributed by atoms with Gasteiger partial charge in [0, 0.05) is 35.7 Å². The highest BCUT2D eigenvalue weighted by Crippen LogP contribution is 2.39. The molecule has 0 radical (unpaired) electrons. The van der Waals surface area contributed by atoms with Gasteiger partial charge in [0.25, 0.3) is 0 Å². The minimum Gasteiger partial charge on any atom is -0.350 e. The van der Waals surface area contributed by atoms with Crippen molar-refractivity contribution in [3.63, 3.8) is 0 Å². The third-order valence-electron chi connectivity index (χ3n) is 7.26. The fourth-order valence-electron chi connectivity index (χ4n) is 5.13. The average molecular weight is 484 g/mol. The van der Waals surface area contributed by atoms with Crippen LogP contribution in [-0.4, -0.2) is 16.1 Å². The summed E-state index contributed by atoms with van der Waals surface area (Å²) in [5.41, 5.74) is 7.30. The first-order valence-corrected chi connectivity index (χ1v) is 12.2. The largest absolute Gasteiger partial charge is 0.350 e. The molecule has 4 heterocycles. The maximum Gasteiger partial charge on any atom is 0.234 e. The molecule has 176 valence electrons. The van der Waals surface area contributed by atoms with Crippen LogP contribution in [0.5, 0.6) is 0 Å². The number of anilines is 1. The van der Waals surface area contributed by atoms with Gasteiger partial charge in [-0.25, -0.2) is 4.98 Å². The van der Waals surface area contributed by atoms with Crippen molar-refractivity contribution >= 4 is 28.3 Å². The van der Waals surface area contributed by atoms with Gasteiger partial charge in [0.05, 0.1) is 11.2 Å². The van der Waals surface area contributed by atoms with Gasteiger partial charge in [-0.15, -0.1) is 10.2 Å². The molecular formula is C27H26ClN7. The summed E-state index contributed by atoms with van der Waals surface area (Å²) < 4.78 is 2.36. The van der Waals surface area contributed by atoms with Crippen molar-refractivity contribution in [3.8, 4) is 0 Å². The van der Waals surface area contributed by atoms with Crippen LogP contribution >= 0.6 is 11.6 Å². The number of fused-ring (bicyclic) bond motifs is 2. The zero-order valence-electron chi connectivity index (χ0n) is 20.0. The Hall–Kier alpha value is -3.58. The fraction of sp³-hybridized carbons (Fsp3) is 0.296. The third-order valence-corrected chi connectivity index (χ3v) is 7.49. The molecule has 0 saturated heterocycles. The van der Waals surface area contributed by atoms with Crippen molar-refractivity contribution in [2.24, 2.45) is 20.7 Å². The highest BCUT2D eigenvalue weighted by molar-refractivity contribution is 6.30. The Kier molecular flexibility index (Phi) is 5.18. The quantitative estimate of drug-likeness (QED) is 0.316. The molecule has 0 atom stereocenters. The normalized spacial score (nSPS) is 16.3. The van der Waals surface area contributed by atoms with E-state index < -0.39 is 5.66 Å². The van der Waals surface area contributed by atoms with Crippen LogP contribution in [0.2, 0.25) is 5.02 Å². The molecule has 2 aromatic heterocycles. The van der Waals surface area contributed by atoms with Gasteiger partial charge >= 0.3 is 0 Å². The zero-order chi connectivity index (χ0) is 24.2. The molecular weight excluding hydrogens is 458 g/mol. The average Bonchev–Trinajstić information content (AvgIpc) is 3.42. The second-order valence-electron chi connectivity index (χ2n) is 9.49. The molecule has 0 N–H and O–H groups in total. The molecule has 2 aromatic carbocycles. The molecule has 35 heavy (non-hydrogen) atoms. The monoisotopic (exact) mass is 483 g/mol. The SMILES string of the molecule is Cc1c(C)n(Cc2cccc(Cl)c2)c2c(N3CCc4ccccc4C3)nc(C3(C)N=NN=N3)cc12. The smallest absolute Gasteiger partial charge is 0.234 e. The van der Waals surface area contributed by atoms with E-state index in [0.717, 1.165) is 52.5 Å². The minimum absolute atomic E-state index is 0.714. The van der Waals surface area contributed by atoms with Gasteiger partial charge in [0.1, 0.15) is 0 Å². The topological polar surface area (TPSA) is 70.5 Å². The van der Waals surface area contributed by atoms with E-state index in [4.69, 9.17) is 16.6 Å². The molecule has 0 aliphatic carbocycles. The molecule has 0 amide bonds. The molecule has 4 aromatic rings. The minimum atomic E-state index is -0.911. The van der Waals surface area contributed by atoms with Gasteiger partial charge in [-0.05, 0) is 78.1 Å². The first-order chi connectivity index (χ1) is 16.9. The van der Waals surface area contributed by atoms with E-state index in [1.165, 1.54) is 22.4 Å². The van der Waals surface area contributed by atoms with Crippen LogP contribution in [0.15, 0.2) is 75.3 Å². The van der Waals surface area contributed by atoms with Crippen LogP contribution in [0, 0.1) is 13.8 Å².